The second-order valence-electron chi connectivity index (χ2n) is 2.75. The van der Waals surface area contributed by atoms with E-state index in [4.69, 9.17) is 10.5 Å². The van der Waals surface area contributed by atoms with Crippen LogP contribution in [0.4, 0.5) is 5.82 Å². The SMILES string of the molecule is Cn1cc(Oc2ccc(N)nn2)cn1. The molecule has 0 aliphatic rings. The number of nitrogens with two attached hydrogens (primary N) is 1. The largest absolute Gasteiger partial charge is 0.434 e. The Morgan fingerprint density at radius 3 is 2.79 bits per heavy atom. The quantitative estimate of drug-likeness (QED) is 0.751. The number of nitrogens with zero attached hydrogens (tertiary/aromatic N) is 4. The van der Waals surface area contributed by atoms with Gasteiger partial charge < -0.3 is 10.5 Å². The Morgan fingerprint density at radius 2 is 2.21 bits per heavy atom. The topological polar surface area (TPSA) is 78.9 Å². The van der Waals surface area contributed by atoms with E-state index in [0.717, 1.165) is 0 Å². The summed E-state index contributed by atoms with van der Waals surface area (Å²) < 4.78 is 6.98. The van der Waals surface area contributed by atoms with E-state index in [0.29, 0.717) is 17.4 Å². The number of hydrogen-bond acceptors (Lipinski definition) is 5. The highest BCUT2D eigenvalue weighted by Gasteiger charge is 2.00. The van der Waals surface area contributed by atoms with Crippen molar-refractivity contribution in [2.24, 2.45) is 7.05 Å². The minimum absolute atomic E-state index is 0.364. The lowest BCUT2D eigenvalue weighted by Crippen LogP contribution is -1.94. The van der Waals surface area contributed by atoms with E-state index < -0.39 is 0 Å². The van der Waals surface area contributed by atoms with Gasteiger partial charge in [-0.3, -0.25) is 4.68 Å². The van der Waals surface area contributed by atoms with Gasteiger partial charge in [-0.05, 0) is 6.07 Å². The van der Waals surface area contributed by atoms with Gasteiger partial charge in [-0.15, -0.1) is 10.2 Å². The number of rotatable bonds is 2. The van der Waals surface area contributed by atoms with Crippen molar-refractivity contribution in [1.82, 2.24) is 20.0 Å². The molecule has 0 unspecified atom stereocenters. The van der Waals surface area contributed by atoms with Crippen molar-refractivity contribution in [3.8, 4) is 11.6 Å². The fourth-order valence-electron chi connectivity index (χ4n) is 0.957. The summed E-state index contributed by atoms with van der Waals surface area (Å²) in [5.41, 5.74) is 5.38. The number of hydrogen-bond donors (Lipinski definition) is 1. The first-order valence-corrected chi connectivity index (χ1v) is 4.00. The summed E-state index contributed by atoms with van der Waals surface area (Å²) in [7, 11) is 1.81. The van der Waals surface area contributed by atoms with Crippen molar-refractivity contribution in [2.45, 2.75) is 0 Å². The molecule has 2 aromatic heterocycles. The molecule has 0 radical (unpaired) electrons. The predicted octanol–water partition coefficient (Wildman–Crippen LogP) is 0.585. The van der Waals surface area contributed by atoms with Gasteiger partial charge in [0.15, 0.2) is 5.75 Å². The van der Waals surface area contributed by atoms with Crippen LogP contribution in [0.2, 0.25) is 0 Å². The average Bonchev–Trinajstić information content (AvgIpc) is 2.56. The van der Waals surface area contributed by atoms with Gasteiger partial charge in [-0.1, -0.05) is 0 Å². The molecule has 0 fully saturated rings. The molecule has 0 bridgehead atoms. The molecule has 14 heavy (non-hydrogen) atoms. The zero-order valence-corrected chi connectivity index (χ0v) is 7.58. The minimum Gasteiger partial charge on any atom is -0.434 e. The van der Waals surface area contributed by atoms with Gasteiger partial charge in [0.2, 0.25) is 5.88 Å². The first-order chi connectivity index (χ1) is 6.74. The maximum absolute atomic E-state index is 5.38. The smallest absolute Gasteiger partial charge is 0.239 e. The molecule has 2 aromatic rings. The molecule has 0 saturated heterocycles. The van der Waals surface area contributed by atoms with Crippen LogP contribution in [0, 0.1) is 0 Å². The molecular formula is C8H9N5O. The summed E-state index contributed by atoms with van der Waals surface area (Å²) in [4.78, 5) is 0. The molecule has 0 spiro atoms. The van der Waals surface area contributed by atoms with Gasteiger partial charge in [-0.25, -0.2) is 0 Å². The van der Waals surface area contributed by atoms with E-state index in [1.807, 2.05) is 7.05 Å². The van der Waals surface area contributed by atoms with Gasteiger partial charge in [-0.2, -0.15) is 5.10 Å². The van der Waals surface area contributed by atoms with Crippen molar-refractivity contribution in [2.75, 3.05) is 5.73 Å². The highest BCUT2D eigenvalue weighted by molar-refractivity contribution is 5.29. The van der Waals surface area contributed by atoms with E-state index >= 15 is 0 Å². The Balaban J connectivity index is 2.15. The van der Waals surface area contributed by atoms with Crippen molar-refractivity contribution < 1.29 is 4.74 Å². The van der Waals surface area contributed by atoms with Crippen molar-refractivity contribution in [1.29, 1.82) is 0 Å². The molecule has 0 aromatic carbocycles. The van der Waals surface area contributed by atoms with Gasteiger partial charge in [0, 0.05) is 13.1 Å². The Bertz CT molecular complexity index is 422. The van der Waals surface area contributed by atoms with Crippen LogP contribution >= 0.6 is 0 Å². The van der Waals surface area contributed by atoms with E-state index in [9.17, 15) is 0 Å². The predicted molar refractivity (Wildman–Crippen MR) is 49.7 cm³/mol. The van der Waals surface area contributed by atoms with E-state index in [2.05, 4.69) is 15.3 Å². The third-order valence-corrected chi connectivity index (χ3v) is 1.56. The Labute approximate surface area is 80.3 Å². The summed E-state index contributed by atoms with van der Waals surface area (Å²) in [5, 5.41) is 11.4. The van der Waals surface area contributed by atoms with Crippen molar-refractivity contribution in [3.63, 3.8) is 0 Å². The van der Waals surface area contributed by atoms with Gasteiger partial charge in [0.05, 0.1) is 12.4 Å². The Kier molecular flexibility index (Phi) is 2.02. The molecule has 2 rings (SSSR count). The molecule has 0 aliphatic carbocycles. The number of nitrogen functional groups attached to an aromatic ring is 1. The zero-order chi connectivity index (χ0) is 9.97. The lowest BCUT2D eigenvalue weighted by molar-refractivity contribution is 0.455. The Hall–Kier alpha value is -2.11. The summed E-state index contributed by atoms with van der Waals surface area (Å²) in [6.45, 7) is 0. The Morgan fingerprint density at radius 1 is 1.36 bits per heavy atom. The number of ether oxygens (including phenoxy) is 1. The van der Waals surface area contributed by atoms with Crippen LogP contribution in [-0.4, -0.2) is 20.0 Å². The maximum atomic E-state index is 5.38. The third-order valence-electron chi connectivity index (χ3n) is 1.56. The van der Waals surface area contributed by atoms with E-state index in [1.54, 1.807) is 29.2 Å². The number of aromatic nitrogens is 4. The first-order valence-electron chi connectivity index (χ1n) is 4.00. The summed E-state index contributed by atoms with van der Waals surface area (Å²) in [6.07, 6.45) is 3.33. The monoisotopic (exact) mass is 191 g/mol. The molecule has 0 atom stereocenters. The minimum atomic E-state index is 0.364. The highest BCUT2D eigenvalue weighted by atomic mass is 16.5. The molecule has 6 heteroatoms. The van der Waals surface area contributed by atoms with Crippen LogP contribution < -0.4 is 10.5 Å². The van der Waals surface area contributed by atoms with Crippen LogP contribution in [0.3, 0.4) is 0 Å². The number of aryl methyl sites for hydroxylation is 1. The standard InChI is InChI=1S/C8H9N5O/c1-13-5-6(4-10-13)14-8-3-2-7(9)11-12-8/h2-5H,1H3,(H2,9,11). The van der Waals surface area contributed by atoms with Gasteiger partial charge in [0.25, 0.3) is 0 Å². The van der Waals surface area contributed by atoms with E-state index in [1.165, 1.54) is 0 Å². The van der Waals surface area contributed by atoms with Crippen molar-refractivity contribution >= 4 is 5.82 Å². The fourth-order valence-corrected chi connectivity index (χ4v) is 0.957. The molecule has 2 heterocycles. The fraction of sp³-hybridized carbons (Fsp3) is 0.125. The van der Waals surface area contributed by atoms with E-state index in [-0.39, 0.29) is 0 Å². The van der Waals surface area contributed by atoms with Crippen LogP contribution in [0.25, 0.3) is 0 Å². The first kappa shape index (κ1) is 8.49. The summed E-state index contributed by atoms with van der Waals surface area (Å²) in [5.74, 6) is 1.38. The molecular weight excluding hydrogens is 182 g/mol. The molecule has 2 N–H and O–H groups in total. The second kappa shape index (κ2) is 3.33. The second-order valence-corrected chi connectivity index (χ2v) is 2.75. The average molecular weight is 191 g/mol. The molecule has 6 nitrogen and oxygen atoms in total. The van der Waals surface area contributed by atoms with Gasteiger partial charge >= 0.3 is 0 Å². The van der Waals surface area contributed by atoms with Crippen LogP contribution in [0.5, 0.6) is 11.6 Å². The van der Waals surface area contributed by atoms with Crippen LogP contribution in [0.15, 0.2) is 24.5 Å². The lowest BCUT2D eigenvalue weighted by Gasteiger charge is -1.99. The normalized spacial score (nSPS) is 10.1. The highest BCUT2D eigenvalue weighted by Crippen LogP contribution is 2.16. The zero-order valence-electron chi connectivity index (χ0n) is 7.58. The third kappa shape index (κ3) is 1.79. The van der Waals surface area contributed by atoms with Crippen molar-refractivity contribution in [3.05, 3.63) is 24.5 Å². The molecule has 0 saturated carbocycles. The molecule has 0 amide bonds. The summed E-state index contributed by atoms with van der Waals surface area (Å²) in [6, 6.07) is 3.27. The number of anilines is 1. The maximum Gasteiger partial charge on any atom is 0.239 e. The van der Waals surface area contributed by atoms with Gasteiger partial charge in [0.1, 0.15) is 5.82 Å². The summed E-state index contributed by atoms with van der Waals surface area (Å²) >= 11 is 0. The molecule has 0 aliphatic heterocycles. The van der Waals surface area contributed by atoms with Crippen LogP contribution in [0.1, 0.15) is 0 Å². The lowest BCUT2D eigenvalue weighted by atomic mass is 10.5. The van der Waals surface area contributed by atoms with Crippen LogP contribution in [-0.2, 0) is 7.05 Å². The molecule has 72 valence electrons.